The quantitative estimate of drug-likeness (QED) is 0.763. The van der Waals surface area contributed by atoms with Gasteiger partial charge in [-0.3, -0.25) is 4.79 Å². The zero-order valence-corrected chi connectivity index (χ0v) is 12.7. The monoisotopic (exact) mass is 347 g/mol. The summed E-state index contributed by atoms with van der Waals surface area (Å²) < 4.78 is 26.9. The molecular weight excluding hydrogens is 334 g/mol. The van der Waals surface area contributed by atoms with Gasteiger partial charge in [0, 0.05) is 17.6 Å². The van der Waals surface area contributed by atoms with E-state index in [0.29, 0.717) is 11.0 Å². The number of benzene rings is 1. The van der Waals surface area contributed by atoms with E-state index in [1.54, 1.807) is 13.0 Å². The average molecular weight is 348 g/mol. The number of nitrogen functional groups attached to an aromatic ring is 1. The van der Waals surface area contributed by atoms with Gasteiger partial charge in [0.1, 0.15) is 10.9 Å². The van der Waals surface area contributed by atoms with Crippen LogP contribution in [-0.4, -0.2) is 37.8 Å². The minimum absolute atomic E-state index is 0.0252. The Morgan fingerprint density at radius 1 is 1.47 bits per heavy atom. The SMILES string of the molecule is CC1C(=O)NCCN1S(=O)(=O)c1ccc(Br)cc1N. The summed E-state index contributed by atoms with van der Waals surface area (Å²) in [6.45, 7) is 2.10. The lowest BCUT2D eigenvalue weighted by Crippen LogP contribution is -2.55. The van der Waals surface area contributed by atoms with Gasteiger partial charge in [0.15, 0.2) is 0 Å². The Morgan fingerprint density at radius 2 is 2.16 bits per heavy atom. The minimum Gasteiger partial charge on any atom is -0.398 e. The smallest absolute Gasteiger partial charge is 0.245 e. The maximum absolute atomic E-state index is 12.5. The maximum atomic E-state index is 12.5. The van der Waals surface area contributed by atoms with E-state index < -0.39 is 16.1 Å². The molecule has 0 aliphatic carbocycles. The van der Waals surface area contributed by atoms with Crippen molar-refractivity contribution in [1.82, 2.24) is 9.62 Å². The number of rotatable bonds is 2. The molecule has 1 fully saturated rings. The van der Waals surface area contributed by atoms with Crippen LogP contribution in [0, 0.1) is 0 Å². The number of halogens is 1. The zero-order valence-electron chi connectivity index (χ0n) is 10.3. The Labute approximate surface area is 120 Å². The molecule has 1 heterocycles. The molecule has 8 heteroatoms. The van der Waals surface area contributed by atoms with E-state index in [4.69, 9.17) is 5.73 Å². The molecule has 19 heavy (non-hydrogen) atoms. The van der Waals surface area contributed by atoms with Crippen molar-refractivity contribution in [2.75, 3.05) is 18.8 Å². The van der Waals surface area contributed by atoms with Crippen molar-refractivity contribution in [1.29, 1.82) is 0 Å². The van der Waals surface area contributed by atoms with Crippen LogP contribution in [0.25, 0.3) is 0 Å². The topological polar surface area (TPSA) is 92.5 Å². The summed E-state index contributed by atoms with van der Waals surface area (Å²) in [6.07, 6.45) is 0. The lowest BCUT2D eigenvalue weighted by Gasteiger charge is -2.32. The second kappa shape index (κ2) is 5.10. The molecule has 3 N–H and O–H groups in total. The van der Waals surface area contributed by atoms with Crippen LogP contribution >= 0.6 is 15.9 Å². The number of amides is 1. The third-order valence-electron chi connectivity index (χ3n) is 3.00. The fourth-order valence-corrected chi connectivity index (χ4v) is 4.04. The summed E-state index contributed by atoms with van der Waals surface area (Å²) in [5, 5.41) is 2.63. The van der Waals surface area contributed by atoms with E-state index in [2.05, 4.69) is 21.2 Å². The third-order valence-corrected chi connectivity index (χ3v) is 5.54. The summed E-state index contributed by atoms with van der Waals surface area (Å²) in [7, 11) is -3.76. The van der Waals surface area contributed by atoms with E-state index in [9.17, 15) is 13.2 Å². The Balaban J connectivity index is 2.44. The van der Waals surface area contributed by atoms with Crippen LogP contribution in [0.2, 0.25) is 0 Å². The molecule has 0 bridgehead atoms. The van der Waals surface area contributed by atoms with Crippen LogP contribution < -0.4 is 11.1 Å². The third kappa shape index (κ3) is 2.60. The van der Waals surface area contributed by atoms with Crippen LogP contribution in [0.3, 0.4) is 0 Å². The van der Waals surface area contributed by atoms with Crippen molar-refractivity contribution in [3.05, 3.63) is 22.7 Å². The first-order valence-corrected chi connectivity index (χ1v) is 7.92. The van der Waals surface area contributed by atoms with Gasteiger partial charge in [0.2, 0.25) is 15.9 Å². The van der Waals surface area contributed by atoms with Gasteiger partial charge in [-0.15, -0.1) is 0 Å². The predicted molar refractivity (Wildman–Crippen MR) is 74.9 cm³/mol. The zero-order chi connectivity index (χ0) is 14.2. The maximum Gasteiger partial charge on any atom is 0.245 e. The van der Waals surface area contributed by atoms with Gasteiger partial charge in [-0.1, -0.05) is 15.9 Å². The Bertz CT molecular complexity index is 618. The molecule has 1 atom stereocenters. The Kier molecular flexibility index (Phi) is 3.84. The number of nitrogens with zero attached hydrogens (tertiary/aromatic N) is 1. The first-order valence-electron chi connectivity index (χ1n) is 5.68. The van der Waals surface area contributed by atoms with Gasteiger partial charge >= 0.3 is 0 Å². The fourth-order valence-electron chi connectivity index (χ4n) is 1.97. The number of carbonyl (C=O) groups excluding carboxylic acids is 1. The van der Waals surface area contributed by atoms with Crippen molar-refractivity contribution in [2.24, 2.45) is 0 Å². The molecule has 0 spiro atoms. The van der Waals surface area contributed by atoms with Crippen LogP contribution in [0.4, 0.5) is 5.69 Å². The standard InChI is InChI=1S/C11H14BrN3O3S/c1-7-11(16)14-4-5-15(7)19(17,18)10-3-2-8(12)6-9(10)13/h2-3,6-7H,4-5,13H2,1H3,(H,14,16). The molecule has 1 amide bonds. The Morgan fingerprint density at radius 3 is 2.79 bits per heavy atom. The van der Waals surface area contributed by atoms with E-state index in [1.807, 2.05) is 0 Å². The summed E-state index contributed by atoms with van der Waals surface area (Å²) >= 11 is 3.23. The minimum atomic E-state index is -3.76. The highest BCUT2D eigenvalue weighted by atomic mass is 79.9. The fraction of sp³-hybridized carbons (Fsp3) is 0.364. The number of nitrogens with two attached hydrogens (primary N) is 1. The van der Waals surface area contributed by atoms with Crippen LogP contribution in [0.15, 0.2) is 27.6 Å². The van der Waals surface area contributed by atoms with Crippen molar-refractivity contribution in [3.63, 3.8) is 0 Å². The van der Waals surface area contributed by atoms with Crippen molar-refractivity contribution in [3.8, 4) is 0 Å². The average Bonchev–Trinajstić information content (AvgIpc) is 2.31. The predicted octanol–water partition coefficient (Wildman–Crippen LogP) is 0.540. The van der Waals surface area contributed by atoms with Crippen molar-refractivity contribution >= 4 is 37.5 Å². The van der Waals surface area contributed by atoms with Gasteiger partial charge in [-0.05, 0) is 25.1 Å². The van der Waals surface area contributed by atoms with E-state index in [1.165, 1.54) is 16.4 Å². The largest absolute Gasteiger partial charge is 0.398 e. The van der Waals surface area contributed by atoms with Crippen LogP contribution in [0.1, 0.15) is 6.92 Å². The van der Waals surface area contributed by atoms with E-state index in [-0.39, 0.29) is 23.0 Å². The van der Waals surface area contributed by atoms with E-state index in [0.717, 1.165) is 0 Å². The lowest BCUT2D eigenvalue weighted by molar-refractivity contribution is -0.126. The van der Waals surface area contributed by atoms with Gasteiger partial charge < -0.3 is 11.1 Å². The molecule has 1 aliphatic rings. The summed E-state index contributed by atoms with van der Waals surface area (Å²) in [6, 6.07) is 3.84. The van der Waals surface area contributed by atoms with Gasteiger partial charge in [0.25, 0.3) is 0 Å². The number of piperazine rings is 1. The summed E-state index contributed by atoms with van der Waals surface area (Å²) in [5.41, 5.74) is 5.92. The first-order chi connectivity index (χ1) is 8.84. The molecule has 1 aromatic carbocycles. The van der Waals surface area contributed by atoms with Gasteiger partial charge in [-0.2, -0.15) is 4.31 Å². The number of sulfonamides is 1. The molecule has 0 radical (unpaired) electrons. The summed E-state index contributed by atoms with van der Waals surface area (Å²) in [5.74, 6) is -0.300. The molecular formula is C11H14BrN3O3S. The lowest BCUT2D eigenvalue weighted by atomic mass is 10.2. The molecule has 2 rings (SSSR count). The highest BCUT2D eigenvalue weighted by molar-refractivity contribution is 9.10. The number of hydrogen-bond acceptors (Lipinski definition) is 4. The van der Waals surface area contributed by atoms with Crippen LogP contribution in [0.5, 0.6) is 0 Å². The Hall–Kier alpha value is -1.12. The molecule has 6 nitrogen and oxygen atoms in total. The van der Waals surface area contributed by atoms with Crippen molar-refractivity contribution in [2.45, 2.75) is 17.9 Å². The molecule has 0 saturated carbocycles. The number of hydrogen-bond donors (Lipinski definition) is 2. The highest BCUT2D eigenvalue weighted by Gasteiger charge is 2.36. The number of nitrogens with one attached hydrogen (secondary N) is 1. The van der Waals surface area contributed by atoms with Crippen molar-refractivity contribution < 1.29 is 13.2 Å². The second-order valence-corrected chi connectivity index (χ2v) is 7.04. The molecule has 0 aromatic heterocycles. The second-order valence-electron chi connectivity index (χ2n) is 4.26. The molecule has 1 aliphatic heterocycles. The molecule has 104 valence electrons. The van der Waals surface area contributed by atoms with Gasteiger partial charge in [-0.25, -0.2) is 8.42 Å². The summed E-state index contributed by atoms with van der Waals surface area (Å²) in [4.78, 5) is 11.6. The van der Waals surface area contributed by atoms with E-state index >= 15 is 0 Å². The molecule has 1 unspecified atom stereocenters. The normalized spacial score (nSPS) is 21.2. The first kappa shape index (κ1) is 14.3. The van der Waals surface area contributed by atoms with Crippen LogP contribution in [-0.2, 0) is 14.8 Å². The molecule has 1 saturated heterocycles. The molecule has 1 aromatic rings. The number of carbonyl (C=O) groups is 1. The van der Waals surface area contributed by atoms with Gasteiger partial charge in [0.05, 0.1) is 5.69 Å². The highest BCUT2D eigenvalue weighted by Crippen LogP contribution is 2.27. The number of anilines is 1.